The molecule has 32 heavy (non-hydrogen) atoms. The Morgan fingerprint density at radius 2 is 1.91 bits per heavy atom. The van der Waals surface area contributed by atoms with E-state index >= 15 is 0 Å². The first-order valence-corrected chi connectivity index (χ1v) is 11.6. The highest BCUT2D eigenvalue weighted by atomic mass is 32.2. The third-order valence-corrected chi connectivity index (χ3v) is 7.51. The predicted octanol–water partition coefficient (Wildman–Crippen LogP) is 2.41. The van der Waals surface area contributed by atoms with Crippen molar-refractivity contribution in [3.63, 3.8) is 0 Å². The van der Waals surface area contributed by atoms with E-state index < -0.39 is 43.6 Å². The van der Waals surface area contributed by atoms with Crippen LogP contribution in [0.25, 0.3) is 0 Å². The fourth-order valence-corrected chi connectivity index (χ4v) is 5.84. The summed E-state index contributed by atoms with van der Waals surface area (Å²) in [4.78, 5) is 10.1. The number of nitrogens with zero attached hydrogens (tertiary/aromatic N) is 2. The SMILES string of the molecule is Cc1nc(NC(CF)CF)nc(NC2CC(CO)C(O)C2O)c1C1Cc2ccccc2S1. The fraction of sp³-hybridized carbons (Fsp3) is 0.545. The molecule has 2 heterocycles. The maximum absolute atomic E-state index is 13.1. The molecular formula is C22H28F2N4O3S. The Kier molecular flexibility index (Phi) is 7.14. The lowest BCUT2D eigenvalue weighted by Crippen LogP contribution is -2.36. The molecule has 1 aliphatic carbocycles. The van der Waals surface area contributed by atoms with E-state index in [1.54, 1.807) is 11.8 Å². The third-order valence-electron chi connectivity index (χ3n) is 6.17. The molecule has 1 fully saturated rings. The van der Waals surface area contributed by atoms with Crippen LogP contribution >= 0.6 is 11.8 Å². The molecule has 2 aliphatic rings. The molecule has 1 aliphatic heterocycles. The maximum Gasteiger partial charge on any atom is 0.225 e. The van der Waals surface area contributed by atoms with Crippen molar-refractivity contribution < 1.29 is 24.1 Å². The highest BCUT2D eigenvalue weighted by molar-refractivity contribution is 7.99. The van der Waals surface area contributed by atoms with Gasteiger partial charge in [-0.1, -0.05) is 18.2 Å². The van der Waals surface area contributed by atoms with Crippen LogP contribution in [0.5, 0.6) is 0 Å². The summed E-state index contributed by atoms with van der Waals surface area (Å²) in [6.07, 6.45) is -0.989. The Labute approximate surface area is 189 Å². The van der Waals surface area contributed by atoms with Crippen molar-refractivity contribution in [3.05, 3.63) is 41.1 Å². The number of anilines is 2. The summed E-state index contributed by atoms with van der Waals surface area (Å²) in [6.45, 7) is -0.208. The molecule has 2 aromatic rings. The van der Waals surface area contributed by atoms with E-state index in [1.807, 2.05) is 19.1 Å². The summed E-state index contributed by atoms with van der Waals surface area (Å²) in [5.74, 6) is 0.108. The molecule has 0 spiro atoms. The quantitative estimate of drug-likeness (QED) is 0.404. The molecule has 0 amide bonds. The first kappa shape index (κ1) is 23.2. The van der Waals surface area contributed by atoms with Gasteiger partial charge in [-0.05, 0) is 31.4 Å². The number of nitrogens with one attached hydrogen (secondary N) is 2. The van der Waals surface area contributed by atoms with Gasteiger partial charge in [0.05, 0.1) is 18.2 Å². The number of benzene rings is 1. The second-order valence-electron chi connectivity index (χ2n) is 8.37. The van der Waals surface area contributed by atoms with Crippen LogP contribution in [0, 0.1) is 12.8 Å². The van der Waals surface area contributed by atoms with Crippen LogP contribution in [-0.2, 0) is 6.42 Å². The molecule has 0 bridgehead atoms. The van der Waals surface area contributed by atoms with Crippen molar-refractivity contribution in [1.29, 1.82) is 0 Å². The monoisotopic (exact) mass is 466 g/mol. The second-order valence-corrected chi connectivity index (χ2v) is 9.62. The lowest BCUT2D eigenvalue weighted by Gasteiger charge is -2.24. The number of fused-ring (bicyclic) bond motifs is 1. The zero-order chi connectivity index (χ0) is 22.8. The molecule has 0 saturated heterocycles. The number of aliphatic hydroxyl groups is 3. The lowest BCUT2D eigenvalue weighted by molar-refractivity contribution is 0.00445. The van der Waals surface area contributed by atoms with Gasteiger partial charge in [-0.2, -0.15) is 4.98 Å². The van der Waals surface area contributed by atoms with Crippen molar-refractivity contribution in [3.8, 4) is 0 Å². The summed E-state index contributed by atoms with van der Waals surface area (Å²) >= 11 is 1.70. The van der Waals surface area contributed by atoms with Gasteiger partial charge in [-0.25, -0.2) is 13.8 Å². The standard InChI is InChI=1S/C22H28F2N4O3S/c1-11-18(17-7-12-4-2-3-5-16(12)32-17)21(28-22(25-11)26-14(8-23)9-24)27-15-6-13(10-29)19(30)20(15)31/h2-5,13-15,17,19-20,29-31H,6-10H2,1H3,(H2,25,26,27,28). The van der Waals surface area contributed by atoms with Crippen LogP contribution in [-0.4, -0.2) is 69.5 Å². The van der Waals surface area contributed by atoms with Gasteiger partial charge < -0.3 is 26.0 Å². The molecule has 5 unspecified atom stereocenters. The average Bonchev–Trinajstić information content (AvgIpc) is 3.33. The number of aromatic nitrogens is 2. The molecular weight excluding hydrogens is 438 g/mol. The summed E-state index contributed by atoms with van der Waals surface area (Å²) in [6, 6.07) is 6.55. The average molecular weight is 467 g/mol. The Balaban J connectivity index is 1.67. The molecule has 1 aromatic heterocycles. The van der Waals surface area contributed by atoms with Gasteiger partial charge in [0.25, 0.3) is 0 Å². The van der Waals surface area contributed by atoms with Crippen LogP contribution in [0.1, 0.15) is 28.5 Å². The Bertz CT molecular complexity index is 924. The van der Waals surface area contributed by atoms with Gasteiger partial charge in [-0.3, -0.25) is 0 Å². The summed E-state index contributed by atoms with van der Waals surface area (Å²) in [5, 5.41) is 36.2. The van der Waals surface area contributed by atoms with Gasteiger partial charge in [-0.15, -0.1) is 11.8 Å². The first-order chi connectivity index (χ1) is 15.4. The third kappa shape index (κ3) is 4.54. The zero-order valence-corrected chi connectivity index (χ0v) is 18.5. The zero-order valence-electron chi connectivity index (χ0n) is 17.7. The van der Waals surface area contributed by atoms with Crippen LogP contribution in [0.3, 0.4) is 0 Å². The molecule has 1 aromatic carbocycles. The predicted molar refractivity (Wildman–Crippen MR) is 119 cm³/mol. The topological polar surface area (TPSA) is 111 Å². The largest absolute Gasteiger partial charge is 0.396 e. The Morgan fingerprint density at radius 3 is 2.56 bits per heavy atom. The number of hydrogen-bond acceptors (Lipinski definition) is 8. The molecule has 5 atom stereocenters. The lowest BCUT2D eigenvalue weighted by atomic mass is 10.0. The van der Waals surface area contributed by atoms with Crippen molar-refractivity contribution >= 4 is 23.5 Å². The molecule has 0 radical (unpaired) electrons. The normalized spacial score (nSPS) is 27.0. The van der Waals surface area contributed by atoms with Crippen molar-refractivity contribution in [2.75, 3.05) is 30.6 Å². The minimum Gasteiger partial charge on any atom is -0.396 e. The van der Waals surface area contributed by atoms with E-state index in [0.717, 1.165) is 12.0 Å². The van der Waals surface area contributed by atoms with E-state index in [9.17, 15) is 24.1 Å². The van der Waals surface area contributed by atoms with Crippen LogP contribution in [0.15, 0.2) is 29.2 Å². The fourth-order valence-electron chi connectivity index (χ4n) is 4.41. The summed E-state index contributed by atoms with van der Waals surface area (Å²) in [7, 11) is 0. The Hall–Kier alpha value is -2.01. The highest BCUT2D eigenvalue weighted by Crippen LogP contribution is 2.49. The van der Waals surface area contributed by atoms with Crippen LogP contribution in [0.4, 0.5) is 20.5 Å². The number of alkyl halides is 2. The number of thioether (sulfide) groups is 1. The molecule has 4 rings (SSSR count). The van der Waals surface area contributed by atoms with Gasteiger partial charge >= 0.3 is 0 Å². The summed E-state index contributed by atoms with van der Waals surface area (Å²) < 4.78 is 26.1. The second kappa shape index (κ2) is 9.86. The van der Waals surface area contributed by atoms with E-state index in [-0.39, 0.29) is 17.8 Å². The Morgan fingerprint density at radius 1 is 1.16 bits per heavy atom. The molecule has 10 heteroatoms. The minimum absolute atomic E-state index is 0.0270. The molecule has 5 N–H and O–H groups in total. The van der Waals surface area contributed by atoms with Gasteiger partial charge in [0.15, 0.2) is 0 Å². The van der Waals surface area contributed by atoms with Gasteiger partial charge in [0.2, 0.25) is 5.95 Å². The van der Waals surface area contributed by atoms with E-state index in [4.69, 9.17) is 0 Å². The van der Waals surface area contributed by atoms with Crippen molar-refractivity contribution in [1.82, 2.24) is 9.97 Å². The number of rotatable bonds is 8. The van der Waals surface area contributed by atoms with Gasteiger partial charge in [0, 0.05) is 33.9 Å². The summed E-state index contributed by atoms with van der Waals surface area (Å²) in [5.41, 5.74) is 2.74. The maximum atomic E-state index is 13.1. The van der Waals surface area contributed by atoms with Crippen molar-refractivity contribution in [2.24, 2.45) is 5.92 Å². The molecule has 1 saturated carbocycles. The number of aliphatic hydroxyl groups excluding tert-OH is 3. The number of aryl methyl sites for hydroxylation is 1. The molecule has 7 nitrogen and oxygen atoms in total. The van der Waals surface area contributed by atoms with E-state index in [1.165, 1.54) is 10.5 Å². The molecule has 174 valence electrons. The van der Waals surface area contributed by atoms with Crippen LogP contribution < -0.4 is 10.6 Å². The van der Waals surface area contributed by atoms with E-state index in [2.05, 4.69) is 32.7 Å². The number of halogens is 2. The smallest absolute Gasteiger partial charge is 0.225 e. The first-order valence-electron chi connectivity index (χ1n) is 10.7. The minimum atomic E-state index is -1.08. The van der Waals surface area contributed by atoms with Crippen molar-refractivity contribution in [2.45, 2.75) is 54.2 Å². The van der Waals surface area contributed by atoms with Crippen LogP contribution in [0.2, 0.25) is 0 Å². The van der Waals surface area contributed by atoms with E-state index in [0.29, 0.717) is 17.9 Å². The highest BCUT2D eigenvalue weighted by Gasteiger charge is 2.42. The number of hydrogen-bond donors (Lipinski definition) is 5. The van der Waals surface area contributed by atoms with Gasteiger partial charge in [0.1, 0.15) is 25.3 Å².